The molecule has 1 heterocycles. The molecule has 0 spiro atoms. The second-order valence-corrected chi connectivity index (χ2v) is 6.83. The summed E-state index contributed by atoms with van der Waals surface area (Å²) in [6, 6.07) is 5.51. The van der Waals surface area contributed by atoms with Gasteiger partial charge in [0.1, 0.15) is 5.01 Å². The monoisotopic (exact) mass is 361 g/mol. The summed E-state index contributed by atoms with van der Waals surface area (Å²) in [4.78, 5) is 12.0. The number of aromatic nitrogens is 2. The number of methoxy groups -OCH3 is 1. The van der Waals surface area contributed by atoms with Crippen LogP contribution in [0.2, 0.25) is 0 Å². The highest BCUT2D eigenvalue weighted by Crippen LogP contribution is 2.28. The first-order valence-corrected chi connectivity index (χ1v) is 8.95. The zero-order valence-electron chi connectivity index (χ0n) is 14.9. The number of amides is 1. The predicted molar refractivity (Wildman–Crippen MR) is 100 cm³/mol. The molecule has 0 aliphatic heterocycles. The number of carbonyl (C=O) groups is 1. The molecule has 0 saturated heterocycles. The van der Waals surface area contributed by atoms with Crippen molar-refractivity contribution in [3.63, 3.8) is 0 Å². The third kappa shape index (κ3) is 5.86. The lowest BCUT2D eigenvalue weighted by molar-refractivity contribution is -0.111. The third-order valence-electron chi connectivity index (χ3n) is 3.19. The Labute approximate surface area is 151 Å². The number of hydrogen-bond acceptors (Lipinski definition) is 6. The van der Waals surface area contributed by atoms with Gasteiger partial charge in [0.2, 0.25) is 11.0 Å². The minimum absolute atomic E-state index is 0.250. The van der Waals surface area contributed by atoms with E-state index in [4.69, 9.17) is 9.47 Å². The summed E-state index contributed by atoms with van der Waals surface area (Å²) in [5, 5.41) is 12.2. The van der Waals surface area contributed by atoms with Gasteiger partial charge in [-0.3, -0.25) is 10.1 Å². The minimum Gasteiger partial charge on any atom is -0.493 e. The van der Waals surface area contributed by atoms with Crippen molar-refractivity contribution in [3.05, 3.63) is 34.8 Å². The molecule has 1 aromatic carbocycles. The molecule has 1 aromatic heterocycles. The molecule has 2 aromatic rings. The van der Waals surface area contributed by atoms with Crippen LogP contribution in [0, 0.1) is 5.92 Å². The Morgan fingerprint density at radius 2 is 2.12 bits per heavy atom. The Hall–Kier alpha value is -2.41. The lowest BCUT2D eigenvalue weighted by Gasteiger charge is -2.09. The Morgan fingerprint density at radius 3 is 2.80 bits per heavy atom. The van der Waals surface area contributed by atoms with Gasteiger partial charge in [-0.15, -0.1) is 10.2 Å². The van der Waals surface area contributed by atoms with E-state index in [0.717, 1.165) is 17.0 Å². The van der Waals surface area contributed by atoms with Crippen LogP contribution in [0.1, 0.15) is 31.3 Å². The molecule has 0 radical (unpaired) electrons. The number of benzene rings is 1. The van der Waals surface area contributed by atoms with Crippen molar-refractivity contribution in [2.75, 3.05) is 19.0 Å². The van der Waals surface area contributed by atoms with Crippen LogP contribution in [0.4, 0.5) is 5.13 Å². The van der Waals surface area contributed by atoms with E-state index in [1.165, 1.54) is 17.4 Å². The fourth-order valence-corrected chi connectivity index (χ4v) is 3.07. The molecule has 1 N–H and O–H groups in total. The molecule has 0 aliphatic carbocycles. The highest BCUT2D eigenvalue weighted by atomic mass is 32.1. The number of nitrogens with zero attached hydrogens (tertiary/aromatic N) is 2. The molecule has 6 nitrogen and oxygen atoms in total. The van der Waals surface area contributed by atoms with Crippen LogP contribution < -0.4 is 14.8 Å². The van der Waals surface area contributed by atoms with Gasteiger partial charge in [-0.05, 0) is 36.6 Å². The molecule has 25 heavy (non-hydrogen) atoms. The van der Waals surface area contributed by atoms with Gasteiger partial charge in [0, 0.05) is 12.5 Å². The fraction of sp³-hybridized carbons (Fsp3) is 0.389. The van der Waals surface area contributed by atoms with E-state index in [9.17, 15) is 4.79 Å². The van der Waals surface area contributed by atoms with E-state index in [2.05, 4.69) is 29.4 Å². The maximum atomic E-state index is 12.0. The quantitative estimate of drug-likeness (QED) is 0.724. The second-order valence-electron chi connectivity index (χ2n) is 5.76. The second kappa shape index (κ2) is 9.17. The normalized spacial score (nSPS) is 11.1. The predicted octanol–water partition coefficient (Wildman–Crippen LogP) is 3.80. The molecule has 1 amide bonds. The van der Waals surface area contributed by atoms with Crippen molar-refractivity contribution < 1.29 is 14.3 Å². The average Bonchev–Trinajstić information content (AvgIpc) is 3.00. The van der Waals surface area contributed by atoms with Crippen LogP contribution in [-0.4, -0.2) is 29.8 Å². The molecular weight excluding hydrogens is 338 g/mol. The maximum Gasteiger partial charge on any atom is 0.250 e. The van der Waals surface area contributed by atoms with Gasteiger partial charge in [-0.2, -0.15) is 0 Å². The Kier molecular flexibility index (Phi) is 6.94. The van der Waals surface area contributed by atoms with Gasteiger partial charge >= 0.3 is 0 Å². The van der Waals surface area contributed by atoms with Crippen LogP contribution >= 0.6 is 11.3 Å². The Balaban J connectivity index is 1.98. The number of hydrogen-bond donors (Lipinski definition) is 1. The van der Waals surface area contributed by atoms with E-state index in [0.29, 0.717) is 29.2 Å². The number of ether oxygens (including phenoxy) is 2. The van der Waals surface area contributed by atoms with Gasteiger partial charge in [0.15, 0.2) is 11.5 Å². The SMILES string of the molecule is CCOc1ccc(C=CC(=O)Nc2nnc(CC(C)C)s2)cc1OC. The standard InChI is InChI=1S/C18H23N3O3S/c1-5-24-14-8-6-13(11-15(14)23-4)7-9-16(22)19-18-21-20-17(25-18)10-12(2)3/h6-9,11-12H,5,10H2,1-4H3,(H,19,21,22). The summed E-state index contributed by atoms with van der Waals surface area (Å²) in [5.41, 5.74) is 0.841. The maximum absolute atomic E-state index is 12.0. The summed E-state index contributed by atoms with van der Waals surface area (Å²) in [6.45, 7) is 6.72. The van der Waals surface area contributed by atoms with Gasteiger partial charge < -0.3 is 9.47 Å². The van der Waals surface area contributed by atoms with Crippen molar-refractivity contribution in [1.82, 2.24) is 10.2 Å². The van der Waals surface area contributed by atoms with Gasteiger partial charge in [0.05, 0.1) is 13.7 Å². The van der Waals surface area contributed by atoms with Crippen molar-refractivity contribution in [2.24, 2.45) is 5.92 Å². The number of nitrogens with one attached hydrogen (secondary N) is 1. The largest absolute Gasteiger partial charge is 0.493 e. The fourth-order valence-electron chi connectivity index (χ4n) is 2.12. The molecule has 0 unspecified atom stereocenters. The van der Waals surface area contributed by atoms with E-state index in [1.807, 2.05) is 25.1 Å². The Bertz CT molecular complexity index is 741. The van der Waals surface area contributed by atoms with Crippen LogP contribution in [-0.2, 0) is 11.2 Å². The first-order valence-electron chi connectivity index (χ1n) is 8.14. The summed E-state index contributed by atoms with van der Waals surface area (Å²) in [5.74, 6) is 1.57. The van der Waals surface area contributed by atoms with Crippen LogP contribution in [0.5, 0.6) is 11.5 Å². The zero-order chi connectivity index (χ0) is 18.2. The van der Waals surface area contributed by atoms with Crippen molar-refractivity contribution in [2.45, 2.75) is 27.2 Å². The lowest BCUT2D eigenvalue weighted by atomic mass is 10.1. The molecule has 0 saturated carbocycles. The first-order chi connectivity index (χ1) is 12.0. The molecule has 2 rings (SSSR count). The zero-order valence-corrected chi connectivity index (χ0v) is 15.7. The van der Waals surface area contributed by atoms with Crippen molar-refractivity contribution >= 4 is 28.5 Å². The van der Waals surface area contributed by atoms with E-state index in [-0.39, 0.29) is 5.91 Å². The molecular formula is C18H23N3O3S. The lowest BCUT2D eigenvalue weighted by Crippen LogP contribution is -2.07. The average molecular weight is 361 g/mol. The molecule has 0 atom stereocenters. The summed E-state index contributed by atoms with van der Waals surface area (Å²) < 4.78 is 10.8. The molecule has 7 heteroatoms. The molecule has 134 valence electrons. The van der Waals surface area contributed by atoms with Crippen LogP contribution in [0.15, 0.2) is 24.3 Å². The number of anilines is 1. The Morgan fingerprint density at radius 1 is 1.32 bits per heavy atom. The summed E-state index contributed by atoms with van der Waals surface area (Å²) in [7, 11) is 1.59. The van der Waals surface area contributed by atoms with Crippen LogP contribution in [0.3, 0.4) is 0 Å². The van der Waals surface area contributed by atoms with E-state index < -0.39 is 0 Å². The van der Waals surface area contributed by atoms with E-state index >= 15 is 0 Å². The molecule has 0 bridgehead atoms. The number of carbonyl (C=O) groups excluding carboxylic acids is 1. The molecule has 0 fully saturated rings. The molecule has 0 aliphatic rings. The topological polar surface area (TPSA) is 73.3 Å². The van der Waals surface area contributed by atoms with Crippen molar-refractivity contribution in [1.29, 1.82) is 0 Å². The van der Waals surface area contributed by atoms with Crippen LogP contribution in [0.25, 0.3) is 6.08 Å². The van der Waals surface area contributed by atoms with Gasteiger partial charge in [-0.25, -0.2) is 0 Å². The highest BCUT2D eigenvalue weighted by molar-refractivity contribution is 7.15. The smallest absolute Gasteiger partial charge is 0.250 e. The van der Waals surface area contributed by atoms with E-state index in [1.54, 1.807) is 13.2 Å². The minimum atomic E-state index is -0.250. The van der Waals surface area contributed by atoms with Gasteiger partial charge in [0.25, 0.3) is 0 Å². The third-order valence-corrected chi connectivity index (χ3v) is 4.06. The highest BCUT2D eigenvalue weighted by Gasteiger charge is 2.08. The summed E-state index contributed by atoms with van der Waals surface area (Å²) >= 11 is 1.40. The van der Waals surface area contributed by atoms with Crippen molar-refractivity contribution in [3.8, 4) is 11.5 Å². The van der Waals surface area contributed by atoms with Gasteiger partial charge in [-0.1, -0.05) is 31.3 Å². The number of rotatable bonds is 8. The first kappa shape index (κ1) is 18.9. The summed E-state index contributed by atoms with van der Waals surface area (Å²) in [6.07, 6.45) is 4.03.